The predicted molar refractivity (Wildman–Crippen MR) is 121 cm³/mol. The highest BCUT2D eigenvalue weighted by Crippen LogP contribution is 2.18. The number of methoxy groups -OCH3 is 1. The van der Waals surface area contributed by atoms with E-state index >= 15 is 0 Å². The second-order valence-electron chi connectivity index (χ2n) is 8.12. The molecule has 0 saturated carbocycles. The van der Waals surface area contributed by atoms with Crippen molar-refractivity contribution in [3.8, 4) is 5.75 Å². The Bertz CT molecular complexity index is 1100. The van der Waals surface area contributed by atoms with Gasteiger partial charge in [0, 0.05) is 31.7 Å². The van der Waals surface area contributed by atoms with Crippen LogP contribution in [0.25, 0.3) is 0 Å². The minimum atomic E-state index is -4.23. The molecule has 1 saturated heterocycles. The fourth-order valence-electron chi connectivity index (χ4n) is 3.61. The molecule has 0 unspecified atom stereocenters. The lowest BCUT2D eigenvalue weighted by atomic mass is 10.0. The molecule has 2 aromatic carbocycles. The van der Waals surface area contributed by atoms with Crippen molar-refractivity contribution >= 4 is 21.8 Å². The van der Waals surface area contributed by atoms with E-state index in [0.29, 0.717) is 24.4 Å². The first-order valence-electron chi connectivity index (χ1n) is 10.6. The fraction of sp³-hybridized carbons (Fsp3) is 0.391. The molecule has 10 heteroatoms. The van der Waals surface area contributed by atoms with E-state index in [1.807, 2.05) is 0 Å². The number of amides is 2. The Labute approximate surface area is 193 Å². The van der Waals surface area contributed by atoms with Crippen molar-refractivity contribution in [2.75, 3.05) is 33.3 Å². The predicted octanol–water partition coefficient (Wildman–Crippen LogP) is 2.12. The summed E-state index contributed by atoms with van der Waals surface area (Å²) in [6.45, 7) is 4.62. The van der Waals surface area contributed by atoms with Gasteiger partial charge in [-0.1, -0.05) is 26.0 Å². The molecule has 1 aliphatic rings. The topological polar surface area (TPSA) is 96.0 Å². The van der Waals surface area contributed by atoms with Crippen molar-refractivity contribution in [1.82, 2.24) is 14.5 Å². The average molecular weight is 478 g/mol. The molecular weight excluding hydrogens is 449 g/mol. The van der Waals surface area contributed by atoms with E-state index in [9.17, 15) is 22.4 Å². The lowest BCUT2D eigenvalue weighted by Crippen LogP contribution is -2.57. The summed E-state index contributed by atoms with van der Waals surface area (Å²) in [5.41, 5.74) is 0.522. The summed E-state index contributed by atoms with van der Waals surface area (Å²) in [5.74, 6) is -1.14. The number of carbonyl (C=O) groups excluding carboxylic acids is 2. The van der Waals surface area contributed by atoms with Crippen LogP contribution in [0.2, 0.25) is 0 Å². The molecule has 33 heavy (non-hydrogen) atoms. The van der Waals surface area contributed by atoms with Gasteiger partial charge in [0.05, 0.1) is 7.11 Å². The molecule has 2 amide bonds. The monoisotopic (exact) mass is 477 g/mol. The van der Waals surface area contributed by atoms with Gasteiger partial charge in [-0.3, -0.25) is 9.59 Å². The van der Waals surface area contributed by atoms with Gasteiger partial charge in [-0.05, 0) is 42.3 Å². The fourth-order valence-corrected chi connectivity index (χ4v) is 5.02. The van der Waals surface area contributed by atoms with E-state index in [1.165, 1.54) is 17.0 Å². The summed E-state index contributed by atoms with van der Waals surface area (Å²) >= 11 is 0. The third kappa shape index (κ3) is 5.69. The number of hydrogen-bond acceptors (Lipinski definition) is 5. The number of carbonyl (C=O) groups is 2. The Hall–Kier alpha value is -2.98. The van der Waals surface area contributed by atoms with Crippen molar-refractivity contribution in [3.05, 3.63) is 59.9 Å². The maximum absolute atomic E-state index is 14.0. The summed E-state index contributed by atoms with van der Waals surface area (Å²) in [6, 6.07) is 10.8. The Balaban J connectivity index is 1.66. The van der Waals surface area contributed by atoms with Gasteiger partial charge in [0.2, 0.25) is 15.9 Å². The number of rotatable bonds is 7. The summed E-state index contributed by atoms with van der Waals surface area (Å²) in [4.78, 5) is 28.6. The molecular formula is C23H28FN3O5S. The Morgan fingerprint density at radius 2 is 1.55 bits per heavy atom. The maximum atomic E-state index is 14.0. The van der Waals surface area contributed by atoms with Gasteiger partial charge in [0.25, 0.3) is 5.91 Å². The smallest absolute Gasteiger partial charge is 0.253 e. The summed E-state index contributed by atoms with van der Waals surface area (Å²) < 4.78 is 46.9. The molecule has 3 rings (SSSR count). The van der Waals surface area contributed by atoms with Crippen molar-refractivity contribution in [3.63, 3.8) is 0 Å². The molecule has 8 nitrogen and oxygen atoms in total. The van der Waals surface area contributed by atoms with Crippen LogP contribution in [0.4, 0.5) is 4.39 Å². The first-order chi connectivity index (χ1) is 15.6. The molecule has 178 valence electrons. The highest BCUT2D eigenvalue weighted by Gasteiger charge is 2.34. The molecule has 1 aliphatic heterocycles. The van der Waals surface area contributed by atoms with E-state index in [0.717, 1.165) is 12.1 Å². The number of piperazine rings is 1. The highest BCUT2D eigenvalue weighted by atomic mass is 32.2. The summed E-state index contributed by atoms with van der Waals surface area (Å²) in [7, 11) is -2.68. The molecule has 0 radical (unpaired) electrons. The molecule has 0 bridgehead atoms. The van der Waals surface area contributed by atoms with Crippen LogP contribution >= 0.6 is 0 Å². The number of sulfonamides is 1. The zero-order valence-electron chi connectivity index (χ0n) is 18.8. The SMILES string of the molecule is COc1ccc(C(=O)N2CCN(C(=O)[C@@H](NS(=O)(=O)c3ccccc3F)C(C)C)CC2)cc1. The third-order valence-corrected chi connectivity index (χ3v) is 7.03. The van der Waals surface area contributed by atoms with Crippen LogP contribution in [0, 0.1) is 11.7 Å². The highest BCUT2D eigenvalue weighted by molar-refractivity contribution is 7.89. The van der Waals surface area contributed by atoms with Crippen LogP contribution in [0.15, 0.2) is 53.4 Å². The standard InChI is InChI=1S/C23H28FN3O5S/c1-16(2)21(25-33(30,31)20-7-5-4-6-19(20)24)23(29)27-14-12-26(13-15-27)22(28)17-8-10-18(32-3)11-9-17/h4-11,16,21,25H,12-15H2,1-3H3/t21-/m0/s1. The number of ether oxygens (including phenoxy) is 1. The molecule has 1 fully saturated rings. The van der Waals surface area contributed by atoms with Crippen molar-refractivity contribution in [2.45, 2.75) is 24.8 Å². The van der Waals surface area contributed by atoms with Gasteiger partial charge in [-0.25, -0.2) is 12.8 Å². The van der Waals surface area contributed by atoms with E-state index in [1.54, 1.807) is 50.1 Å². The molecule has 1 N–H and O–H groups in total. The largest absolute Gasteiger partial charge is 0.497 e. The molecule has 0 aromatic heterocycles. The van der Waals surface area contributed by atoms with Crippen molar-refractivity contribution < 1.29 is 27.1 Å². The van der Waals surface area contributed by atoms with Gasteiger partial charge < -0.3 is 14.5 Å². The first-order valence-corrected chi connectivity index (χ1v) is 12.1. The van der Waals surface area contributed by atoms with Gasteiger partial charge >= 0.3 is 0 Å². The Kier molecular flexibility index (Phi) is 7.70. The van der Waals surface area contributed by atoms with Crippen LogP contribution in [0.3, 0.4) is 0 Å². The number of halogens is 1. The van der Waals surface area contributed by atoms with E-state index in [2.05, 4.69) is 4.72 Å². The lowest BCUT2D eigenvalue weighted by molar-refractivity contribution is -0.135. The van der Waals surface area contributed by atoms with Crippen molar-refractivity contribution in [2.24, 2.45) is 5.92 Å². The number of nitrogens with one attached hydrogen (secondary N) is 1. The van der Waals surface area contributed by atoms with Crippen LogP contribution in [-0.4, -0.2) is 69.4 Å². The van der Waals surface area contributed by atoms with Crippen LogP contribution in [0.5, 0.6) is 5.75 Å². The van der Waals surface area contributed by atoms with Gasteiger partial charge in [-0.15, -0.1) is 0 Å². The summed E-state index contributed by atoms with van der Waals surface area (Å²) in [6.07, 6.45) is 0. The zero-order chi connectivity index (χ0) is 24.2. The molecule has 0 spiro atoms. The molecule has 2 aromatic rings. The summed E-state index contributed by atoms with van der Waals surface area (Å²) in [5, 5.41) is 0. The third-order valence-electron chi connectivity index (χ3n) is 5.56. The van der Waals surface area contributed by atoms with Crippen LogP contribution < -0.4 is 9.46 Å². The minimum Gasteiger partial charge on any atom is -0.497 e. The molecule has 1 atom stereocenters. The first kappa shape index (κ1) is 24.7. The van der Waals surface area contributed by atoms with Gasteiger partial charge in [0.1, 0.15) is 22.5 Å². The normalized spacial score (nSPS) is 15.4. The maximum Gasteiger partial charge on any atom is 0.253 e. The minimum absolute atomic E-state index is 0.148. The second kappa shape index (κ2) is 10.3. The number of nitrogens with zero attached hydrogens (tertiary/aromatic N) is 2. The van der Waals surface area contributed by atoms with E-state index in [4.69, 9.17) is 4.74 Å². The average Bonchev–Trinajstić information content (AvgIpc) is 2.82. The quantitative estimate of drug-likeness (QED) is 0.659. The van der Waals surface area contributed by atoms with Gasteiger partial charge in [-0.2, -0.15) is 4.72 Å². The lowest BCUT2D eigenvalue weighted by Gasteiger charge is -2.37. The zero-order valence-corrected chi connectivity index (χ0v) is 19.6. The molecule has 1 heterocycles. The Morgan fingerprint density at radius 1 is 0.970 bits per heavy atom. The van der Waals surface area contributed by atoms with Crippen LogP contribution in [-0.2, 0) is 14.8 Å². The Morgan fingerprint density at radius 3 is 2.09 bits per heavy atom. The van der Waals surface area contributed by atoms with Crippen LogP contribution in [0.1, 0.15) is 24.2 Å². The number of benzene rings is 2. The van der Waals surface area contributed by atoms with E-state index in [-0.39, 0.29) is 24.9 Å². The van der Waals surface area contributed by atoms with E-state index < -0.39 is 32.7 Å². The molecule has 0 aliphatic carbocycles. The van der Waals surface area contributed by atoms with Crippen molar-refractivity contribution in [1.29, 1.82) is 0 Å². The second-order valence-corrected chi connectivity index (χ2v) is 9.80. The number of hydrogen-bond donors (Lipinski definition) is 1. The van der Waals surface area contributed by atoms with Gasteiger partial charge in [0.15, 0.2) is 0 Å².